The van der Waals surface area contributed by atoms with E-state index in [1.165, 1.54) is 29.7 Å². The zero-order chi connectivity index (χ0) is 22.2. The Labute approximate surface area is 191 Å². The first-order valence-electron chi connectivity index (χ1n) is 11.7. The molecule has 0 amide bonds. The normalized spacial score (nSPS) is 15.1. The number of rotatable bonds is 8. The molecule has 2 heterocycles. The van der Waals surface area contributed by atoms with Gasteiger partial charge in [-0.3, -0.25) is 4.68 Å². The van der Waals surface area contributed by atoms with Gasteiger partial charge >= 0.3 is 0 Å². The maximum atomic E-state index is 4.80. The summed E-state index contributed by atoms with van der Waals surface area (Å²) < 4.78 is 1.97. The first-order valence-corrected chi connectivity index (χ1v) is 11.7. The van der Waals surface area contributed by atoms with E-state index in [0.717, 1.165) is 37.7 Å². The maximum absolute atomic E-state index is 4.80. The number of benzene rings is 2. The number of anilines is 1. The number of aromatic nitrogens is 2. The van der Waals surface area contributed by atoms with Crippen LogP contribution in [0.15, 0.2) is 72.0 Å². The van der Waals surface area contributed by atoms with Crippen LogP contribution >= 0.6 is 0 Å². The molecule has 0 radical (unpaired) electrons. The van der Waals surface area contributed by atoms with Crippen LogP contribution in [-0.2, 0) is 13.1 Å². The fourth-order valence-corrected chi connectivity index (χ4v) is 4.09. The quantitative estimate of drug-likeness (QED) is 0.412. The molecule has 1 aliphatic rings. The topological polar surface area (TPSA) is 57.5 Å². The van der Waals surface area contributed by atoms with E-state index >= 15 is 0 Å². The van der Waals surface area contributed by atoms with Crippen molar-refractivity contribution in [1.29, 1.82) is 0 Å². The van der Waals surface area contributed by atoms with E-state index in [4.69, 9.17) is 4.99 Å². The van der Waals surface area contributed by atoms with E-state index < -0.39 is 0 Å². The van der Waals surface area contributed by atoms with Crippen molar-refractivity contribution in [2.24, 2.45) is 4.99 Å². The minimum Gasteiger partial charge on any atom is -0.372 e. The summed E-state index contributed by atoms with van der Waals surface area (Å²) >= 11 is 0. The predicted octanol–water partition coefficient (Wildman–Crippen LogP) is 4.35. The van der Waals surface area contributed by atoms with Crippen molar-refractivity contribution >= 4 is 11.6 Å². The number of aliphatic imine (C=N–C) groups is 1. The molecule has 1 aromatic heterocycles. The van der Waals surface area contributed by atoms with Crippen molar-refractivity contribution < 1.29 is 0 Å². The largest absolute Gasteiger partial charge is 0.372 e. The monoisotopic (exact) mass is 430 g/mol. The third-order valence-electron chi connectivity index (χ3n) is 5.83. The van der Waals surface area contributed by atoms with E-state index in [-0.39, 0.29) is 6.04 Å². The molecule has 0 aliphatic carbocycles. The highest BCUT2D eigenvalue weighted by Gasteiger charge is 2.14. The van der Waals surface area contributed by atoms with Crippen LogP contribution in [0.4, 0.5) is 5.69 Å². The number of hydrogen-bond acceptors (Lipinski definition) is 3. The van der Waals surface area contributed by atoms with Gasteiger partial charge in [-0.2, -0.15) is 5.10 Å². The van der Waals surface area contributed by atoms with Crippen LogP contribution in [0, 0.1) is 0 Å². The number of guanidine groups is 1. The van der Waals surface area contributed by atoms with Crippen LogP contribution in [0.3, 0.4) is 0 Å². The lowest BCUT2D eigenvalue weighted by Crippen LogP contribution is -2.38. The molecule has 168 valence electrons. The van der Waals surface area contributed by atoms with E-state index in [2.05, 4.69) is 89.2 Å². The average Bonchev–Trinajstić information content (AvgIpc) is 3.51. The van der Waals surface area contributed by atoms with Gasteiger partial charge in [-0.05, 0) is 49.9 Å². The molecule has 1 aliphatic heterocycles. The second-order valence-electron chi connectivity index (χ2n) is 8.38. The lowest BCUT2D eigenvalue weighted by Gasteiger charge is -2.22. The van der Waals surface area contributed by atoms with Crippen molar-refractivity contribution in [3.63, 3.8) is 0 Å². The van der Waals surface area contributed by atoms with Gasteiger partial charge in [-0.25, -0.2) is 4.99 Å². The second-order valence-corrected chi connectivity index (χ2v) is 8.38. The van der Waals surface area contributed by atoms with Crippen molar-refractivity contribution in [3.05, 3.63) is 83.7 Å². The number of nitrogens with one attached hydrogen (secondary N) is 2. The van der Waals surface area contributed by atoms with Crippen LogP contribution in [0.1, 0.15) is 49.4 Å². The molecule has 2 N–H and O–H groups in total. The van der Waals surface area contributed by atoms with E-state index in [9.17, 15) is 0 Å². The smallest absolute Gasteiger partial charge is 0.192 e. The van der Waals surface area contributed by atoms with Crippen LogP contribution in [0.25, 0.3) is 0 Å². The molecule has 4 rings (SSSR count). The maximum Gasteiger partial charge on any atom is 0.192 e. The molecule has 2 aromatic carbocycles. The molecule has 32 heavy (non-hydrogen) atoms. The number of nitrogens with zero attached hydrogens (tertiary/aromatic N) is 4. The minimum absolute atomic E-state index is 0.163. The van der Waals surface area contributed by atoms with Gasteiger partial charge < -0.3 is 15.5 Å². The Morgan fingerprint density at radius 3 is 2.66 bits per heavy atom. The molecule has 0 spiro atoms. The van der Waals surface area contributed by atoms with Gasteiger partial charge in [-0.15, -0.1) is 0 Å². The van der Waals surface area contributed by atoms with Gasteiger partial charge in [0.15, 0.2) is 5.96 Å². The Morgan fingerprint density at radius 2 is 1.88 bits per heavy atom. The van der Waals surface area contributed by atoms with Gasteiger partial charge in [0, 0.05) is 37.1 Å². The van der Waals surface area contributed by atoms with Crippen molar-refractivity contribution in [2.45, 2.75) is 45.8 Å². The van der Waals surface area contributed by atoms with Crippen LogP contribution in [-0.4, -0.2) is 35.4 Å². The van der Waals surface area contributed by atoms with Crippen molar-refractivity contribution in [3.8, 4) is 0 Å². The number of hydrogen-bond donors (Lipinski definition) is 2. The summed E-state index contributed by atoms with van der Waals surface area (Å²) in [6.45, 7) is 8.78. The Balaban J connectivity index is 1.38. The highest BCUT2D eigenvalue weighted by Crippen LogP contribution is 2.24. The Morgan fingerprint density at radius 1 is 1.06 bits per heavy atom. The first kappa shape index (κ1) is 21.9. The molecule has 6 nitrogen and oxygen atoms in total. The fraction of sp³-hybridized carbons (Fsp3) is 0.385. The SMILES string of the molecule is CCNC(=NCc1cnn(Cc2ccccc2)c1)NC(C)c1cccc(N2CCCC2)c1. The molecule has 3 aromatic rings. The standard InChI is InChI=1S/C26H34N6/c1-3-27-26(28-17-23-18-29-32(20-23)19-22-10-5-4-6-11-22)30-21(2)24-12-9-13-25(16-24)31-14-7-8-15-31/h4-6,9-13,16,18,20-21H,3,7-8,14-15,17,19H2,1-2H3,(H2,27,28,30). The molecule has 0 saturated carbocycles. The summed E-state index contributed by atoms with van der Waals surface area (Å²) in [6, 6.07) is 19.4. The van der Waals surface area contributed by atoms with Crippen LogP contribution in [0.2, 0.25) is 0 Å². The molecule has 6 heteroatoms. The minimum atomic E-state index is 0.163. The molecular weight excluding hydrogens is 396 g/mol. The fourth-order valence-electron chi connectivity index (χ4n) is 4.09. The van der Waals surface area contributed by atoms with Gasteiger partial charge in [0.2, 0.25) is 0 Å². The summed E-state index contributed by atoms with van der Waals surface area (Å²) in [5.74, 6) is 0.822. The molecule has 1 saturated heterocycles. The first-order chi connectivity index (χ1) is 15.7. The predicted molar refractivity (Wildman–Crippen MR) is 132 cm³/mol. The summed E-state index contributed by atoms with van der Waals surface area (Å²) in [5, 5.41) is 11.4. The Bertz CT molecular complexity index is 1000. The van der Waals surface area contributed by atoms with Crippen molar-refractivity contribution in [2.75, 3.05) is 24.5 Å². The molecule has 0 bridgehead atoms. The summed E-state index contributed by atoms with van der Waals surface area (Å²) in [6.07, 6.45) is 6.55. The highest BCUT2D eigenvalue weighted by atomic mass is 15.3. The average molecular weight is 431 g/mol. The van der Waals surface area contributed by atoms with E-state index in [1.54, 1.807) is 0 Å². The molecule has 1 fully saturated rings. The zero-order valence-electron chi connectivity index (χ0n) is 19.2. The van der Waals surface area contributed by atoms with Gasteiger partial charge in [0.1, 0.15) is 0 Å². The summed E-state index contributed by atoms with van der Waals surface area (Å²) in [5.41, 5.74) is 4.93. The van der Waals surface area contributed by atoms with Crippen molar-refractivity contribution in [1.82, 2.24) is 20.4 Å². The lowest BCUT2D eigenvalue weighted by atomic mass is 10.1. The van der Waals surface area contributed by atoms with Gasteiger partial charge in [0.25, 0.3) is 0 Å². The molecule has 1 atom stereocenters. The Hall–Kier alpha value is -3.28. The second kappa shape index (κ2) is 10.8. The summed E-state index contributed by atoms with van der Waals surface area (Å²) in [4.78, 5) is 7.27. The third-order valence-corrected chi connectivity index (χ3v) is 5.83. The van der Waals surface area contributed by atoms with E-state index in [0.29, 0.717) is 6.54 Å². The third kappa shape index (κ3) is 5.90. The zero-order valence-corrected chi connectivity index (χ0v) is 19.2. The Kier molecular flexibility index (Phi) is 7.43. The van der Waals surface area contributed by atoms with Gasteiger partial charge in [-0.1, -0.05) is 42.5 Å². The molecule has 1 unspecified atom stereocenters. The van der Waals surface area contributed by atoms with Crippen LogP contribution in [0.5, 0.6) is 0 Å². The van der Waals surface area contributed by atoms with E-state index in [1.807, 2.05) is 16.9 Å². The highest BCUT2D eigenvalue weighted by molar-refractivity contribution is 5.80. The molecular formula is C26H34N6. The lowest BCUT2D eigenvalue weighted by molar-refractivity contribution is 0.683. The van der Waals surface area contributed by atoms with Gasteiger partial charge in [0.05, 0.1) is 25.3 Å². The summed E-state index contributed by atoms with van der Waals surface area (Å²) in [7, 11) is 0. The van der Waals surface area contributed by atoms with Crippen LogP contribution < -0.4 is 15.5 Å².